The van der Waals surface area contributed by atoms with Crippen LogP contribution in [-0.2, 0) is 31.9 Å². The summed E-state index contributed by atoms with van der Waals surface area (Å²) >= 11 is 0. The standard InChI is InChI=1S/C24H28N2O4/c1-24(2,23(25)28)20(14-17-10-6-4-7-11-17)26(3)22(27)19-16-29-21(30-19)15-18-12-8-5-9-13-18/h4-13,16,20-21H,14-15H2,1-3H3,(H2,25,28)/t20-,21?/m0/s1. The Morgan fingerprint density at radius 2 is 1.60 bits per heavy atom. The van der Waals surface area contributed by atoms with Crippen molar-refractivity contribution in [3.8, 4) is 0 Å². The first-order valence-electron chi connectivity index (χ1n) is 9.96. The van der Waals surface area contributed by atoms with E-state index in [1.54, 1.807) is 20.9 Å². The average molecular weight is 408 g/mol. The summed E-state index contributed by atoms with van der Waals surface area (Å²) in [4.78, 5) is 26.8. The van der Waals surface area contributed by atoms with Crippen LogP contribution < -0.4 is 5.73 Å². The number of carbonyl (C=O) groups excluding carboxylic acids is 2. The Morgan fingerprint density at radius 3 is 2.17 bits per heavy atom. The van der Waals surface area contributed by atoms with Crippen LogP contribution in [0, 0.1) is 5.41 Å². The van der Waals surface area contributed by atoms with E-state index in [9.17, 15) is 9.59 Å². The lowest BCUT2D eigenvalue weighted by Gasteiger charge is -2.38. The SMILES string of the molecule is CN(C(=O)C1=COC(Cc2ccccc2)O1)[C@@H](Cc1ccccc1)C(C)(C)C(N)=O. The number of hydrogen-bond acceptors (Lipinski definition) is 4. The quantitative estimate of drug-likeness (QED) is 0.728. The molecule has 2 N–H and O–H groups in total. The highest BCUT2D eigenvalue weighted by atomic mass is 16.7. The van der Waals surface area contributed by atoms with Gasteiger partial charge in [-0.25, -0.2) is 0 Å². The molecule has 1 aliphatic rings. The van der Waals surface area contributed by atoms with Crippen molar-refractivity contribution in [2.75, 3.05) is 7.05 Å². The fourth-order valence-electron chi connectivity index (χ4n) is 3.53. The molecule has 6 heteroatoms. The minimum Gasteiger partial charge on any atom is -0.458 e. The second-order valence-electron chi connectivity index (χ2n) is 8.06. The summed E-state index contributed by atoms with van der Waals surface area (Å²) in [5.74, 6) is -0.694. The molecule has 6 nitrogen and oxygen atoms in total. The van der Waals surface area contributed by atoms with Gasteiger partial charge in [-0.05, 0) is 31.4 Å². The first kappa shape index (κ1) is 21.4. The Labute approximate surface area is 177 Å². The molecule has 1 heterocycles. The fraction of sp³-hybridized carbons (Fsp3) is 0.333. The smallest absolute Gasteiger partial charge is 0.292 e. The lowest BCUT2D eigenvalue weighted by atomic mass is 9.79. The maximum atomic E-state index is 13.1. The third kappa shape index (κ3) is 4.82. The summed E-state index contributed by atoms with van der Waals surface area (Å²) < 4.78 is 11.3. The van der Waals surface area contributed by atoms with Gasteiger partial charge >= 0.3 is 0 Å². The Morgan fingerprint density at radius 1 is 1.03 bits per heavy atom. The molecule has 2 aromatic carbocycles. The molecule has 0 fully saturated rings. The highest BCUT2D eigenvalue weighted by Crippen LogP contribution is 2.30. The van der Waals surface area contributed by atoms with Crippen molar-refractivity contribution < 1.29 is 19.1 Å². The van der Waals surface area contributed by atoms with E-state index in [-0.39, 0.29) is 11.7 Å². The lowest BCUT2D eigenvalue weighted by Crippen LogP contribution is -2.53. The molecule has 0 aliphatic carbocycles. The van der Waals surface area contributed by atoms with Crippen LogP contribution in [0.2, 0.25) is 0 Å². The van der Waals surface area contributed by atoms with Crippen LogP contribution in [0.5, 0.6) is 0 Å². The van der Waals surface area contributed by atoms with Gasteiger partial charge in [-0.2, -0.15) is 0 Å². The summed E-state index contributed by atoms with van der Waals surface area (Å²) in [5.41, 5.74) is 6.80. The van der Waals surface area contributed by atoms with Gasteiger partial charge in [-0.15, -0.1) is 0 Å². The second kappa shape index (κ2) is 9.03. The first-order chi connectivity index (χ1) is 14.3. The Bertz CT molecular complexity index is 909. The molecule has 0 saturated heterocycles. The summed E-state index contributed by atoms with van der Waals surface area (Å²) in [6.07, 6.45) is 1.80. The third-order valence-corrected chi connectivity index (χ3v) is 5.57. The van der Waals surface area contributed by atoms with Crippen molar-refractivity contribution in [2.24, 2.45) is 11.1 Å². The van der Waals surface area contributed by atoms with Crippen molar-refractivity contribution >= 4 is 11.8 Å². The van der Waals surface area contributed by atoms with E-state index in [1.165, 1.54) is 11.2 Å². The molecule has 0 bridgehead atoms. The Balaban J connectivity index is 1.73. The number of nitrogens with zero attached hydrogens (tertiary/aromatic N) is 1. The van der Waals surface area contributed by atoms with Gasteiger partial charge in [0.2, 0.25) is 18.0 Å². The number of nitrogens with two attached hydrogens (primary N) is 1. The topological polar surface area (TPSA) is 81.9 Å². The molecule has 1 aliphatic heterocycles. The van der Waals surface area contributed by atoms with Crippen LogP contribution in [-0.4, -0.2) is 36.1 Å². The van der Waals surface area contributed by atoms with E-state index < -0.39 is 23.7 Å². The second-order valence-corrected chi connectivity index (χ2v) is 8.06. The number of hydrogen-bond donors (Lipinski definition) is 1. The van der Waals surface area contributed by atoms with Gasteiger partial charge in [-0.1, -0.05) is 60.7 Å². The highest BCUT2D eigenvalue weighted by Gasteiger charge is 2.41. The van der Waals surface area contributed by atoms with E-state index in [4.69, 9.17) is 15.2 Å². The zero-order chi connectivity index (χ0) is 21.7. The number of ether oxygens (including phenoxy) is 2. The van der Waals surface area contributed by atoms with Crippen LogP contribution in [0.3, 0.4) is 0 Å². The normalized spacial score (nSPS) is 16.8. The lowest BCUT2D eigenvalue weighted by molar-refractivity contribution is -0.140. The fourth-order valence-corrected chi connectivity index (χ4v) is 3.53. The first-order valence-corrected chi connectivity index (χ1v) is 9.96. The molecule has 2 atom stereocenters. The van der Waals surface area contributed by atoms with Crippen LogP contribution >= 0.6 is 0 Å². The maximum absolute atomic E-state index is 13.1. The summed E-state index contributed by atoms with van der Waals surface area (Å²) in [6.45, 7) is 3.51. The molecule has 158 valence electrons. The molecule has 0 saturated carbocycles. The molecule has 0 aromatic heterocycles. The number of carbonyl (C=O) groups is 2. The average Bonchev–Trinajstić information content (AvgIpc) is 3.20. The molecule has 1 unspecified atom stereocenters. The molecule has 30 heavy (non-hydrogen) atoms. The number of primary amides is 1. The molecule has 3 rings (SSSR count). The highest BCUT2D eigenvalue weighted by molar-refractivity contribution is 5.92. The maximum Gasteiger partial charge on any atom is 0.292 e. The van der Waals surface area contributed by atoms with Gasteiger partial charge in [0.05, 0.1) is 5.41 Å². The monoisotopic (exact) mass is 408 g/mol. The number of benzene rings is 2. The summed E-state index contributed by atoms with van der Waals surface area (Å²) in [7, 11) is 1.66. The minimum atomic E-state index is -0.941. The van der Waals surface area contributed by atoms with E-state index >= 15 is 0 Å². The van der Waals surface area contributed by atoms with Crippen molar-refractivity contribution in [2.45, 2.75) is 39.0 Å². The summed E-state index contributed by atoms with van der Waals surface area (Å²) in [6, 6.07) is 19.0. The number of amides is 2. The predicted molar refractivity (Wildman–Crippen MR) is 114 cm³/mol. The van der Waals surface area contributed by atoms with Gasteiger partial charge in [-0.3, -0.25) is 9.59 Å². The van der Waals surface area contributed by atoms with Crippen molar-refractivity contribution in [1.82, 2.24) is 4.90 Å². The Hall–Kier alpha value is -3.28. The van der Waals surface area contributed by atoms with E-state index in [1.807, 2.05) is 60.7 Å². The Kier molecular flexibility index (Phi) is 6.45. The molecule has 2 aromatic rings. The zero-order valence-electron chi connectivity index (χ0n) is 17.6. The largest absolute Gasteiger partial charge is 0.458 e. The van der Waals surface area contributed by atoms with Crippen LogP contribution in [0.1, 0.15) is 25.0 Å². The zero-order valence-corrected chi connectivity index (χ0v) is 17.6. The van der Waals surface area contributed by atoms with E-state index in [0.29, 0.717) is 12.8 Å². The number of likely N-dealkylation sites (N-methyl/N-ethyl adjacent to an activating group) is 1. The van der Waals surface area contributed by atoms with Crippen molar-refractivity contribution in [1.29, 1.82) is 0 Å². The van der Waals surface area contributed by atoms with Gasteiger partial charge < -0.3 is 20.1 Å². The number of rotatable bonds is 8. The third-order valence-electron chi connectivity index (χ3n) is 5.57. The van der Waals surface area contributed by atoms with Gasteiger partial charge in [0.15, 0.2) is 0 Å². The minimum absolute atomic E-state index is 0.122. The van der Waals surface area contributed by atoms with Crippen LogP contribution in [0.15, 0.2) is 72.7 Å². The van der Waals surface area contributed by atoms with E-state index in [0.717, 1.165) is 11.1 Å². The van der Waals surface area contributed by atoms with Gasteiger partial charge in [0.1, 0.15) is 6.26 Å². The summed E-state index contributed by atoms with van der Waals surface area (Å²) in [5, 5.41) is 0. The van der Waals surface area contributed by atoms with Gasteiger partial charge in [0.25, 0.3) is 5.91 Å². The van der Waals surface area contributed by atoms with Crippen LogP contribution in [0.4, 0.5) is 0 Å². The molecule has 2 amide bonds. The molecule has 0 spiro atoms. The van der Waals surface area contributed by atoms with Gasteiger partial charge in [0, 0.05) is 19.5 Å². The van der Waals surface area contributed by atoms with Crippen LogP contribution in [0.25, 0.3) is 0 Å². The van der Waals surface area contributed by atoms with Crippen molar-refractivity contribution in [3.05, 3.63) is 83.8 Å². The molecule has 0 radical (unpaired) electrons. The van der Waals surface area contributed by atoms with Crippen molar-refractivity contribution in [3.63, 3.8) is 0 Å². The molecular formula is C24H28N2O4. The van der Waals surface area contributed by atoms with E-state index in [2.05, 4.69) is 0 Å². The molecular weight excluding hydrogens is 380 g/mol. The predicted octanol–water partition coefficient (Wildman–Crippen LogP) is 3.02.